The molecule has 2 fully saturated rings. The molecule has 0 spiro atoms. The largest absolute Gasteiger partial charge is 0.477 e. The number of carbonyl (C=O) groups is 3. The molecular formula is C10H18N5O8S+. The summed E-state index contributed by atoms with van der Waals surface area (Å²) in [5.74, 6) is -0.807. The van der Waals surface area contributed by atoms with Gasteiger partial charge in [-0.2, -0.15) is 13.3 Å². The number of piperidine rings is 1. The number of nitrogens with one attached hydrogen (secondary N) is 1. The van der Waals surface area contributed by atoms with Crippen molar-refractivity contribution in [2.24, 2.45) is 11.5 Å². The Morgan fingerprint density at radius 1 is 1.38 bits per heavy atom. The van der Waals surface area contributed by atoms with Crippen LogP contribution in [0, 0.1) is 0 Å². The van der Waals surface area contributed by atoms with Gasteiger partial charge in [0, 0.05) is 13.0 Å². The third kappa shape index (κ3) is 3.57. The zero-order valence-corrected chi connectivity index (χ0v) is 13.3. The van der Waals surface area contributed by atoms with E-state index in [9.17, 15) is 22.8 Å². The van der Waals surface area contributed by atoms with Crippen LogP contribution in [0.1, 0.15) is 12.8 Å². The van der Waals surface area contributed by atoms with Gasteiger partial charge in [-0.25, -0.2) is 9.59 Å². The minimum absolute atomic E-state index is 0.0437. The molecule has 2 rings (SSSR count). The number of fused-ring (bicyclic) bond motifs is 2. The molecule has 136 valence electrons. The Hall–Kier alpha value is -2.00. The first kappa shape index (κ1) is 18.3. The van der Waals surface area contributed by atoms with E-state index >= 15 is 0 Å². The van der Waals surface area contributed by atoms with E-state index in [-0.39, 0.29) is 32.5 Å². The van der Waals surface area contributed by atoms with Gasteiger partial charge in [0.05, 0.1) is 0 Å². The summed E-state index contributed by atoms with van der Waals surface area (Å²) in [7, 11) is -4.93. The summed E-state index contributed by atoms with van der Waals surface area (Å²) in [6.45, 7) is -0.332. The molecule has 2 saturated heterocycles. The molecule has 0 aromatic carbocycles. The second-order valence-corrected chi connectivity index (χ2v) is 6.37. The summed E-state index contributed by atoms with van der Waals surface area (Å²) in [5, 5.41) is 2.72. The molecule has 0 aromatic heterocycles. The van der Waals surface area contributed by atoms with Gasteiger partial charge in [0.1, 0.15) is 19.2 Å². The van der Waals surface area contributed by atoms with E-state index in [1.165, 1.54) is 0 Å². The SMILES string of the molecule is NC(=O)NCCO[N+]12C[C@@H](CC[C@H]1C(N)=O)N(OS(=O)(=O)O)C2=O. The number of primary amides is 2. The fourth-order valence-electron chi connectivity index (χ4n) is 2.94. The molecule has 13 nitrogen and oxygen atoms in total. The molecule has 0 aromatic rings. The van der Waals surface area contributed by atoms with Crippen LogP contribution in [0.5, 0.6) is 0 Å². The van der Waals surface area contributed by atoms with Crippen LogP contribution >= 0.6 is 0 Å². The van der Waals surface area contributed by atoms with Gasteiger partial charge in [0.2, 0.25) is 6.04 Å². The number of nitrogens with two attached hydrogens (primary N) is 2. The smallest absolute Gasteiger partial charge is 0.364 e. The van der Waals surface area contributed by atoms with Crippen molar-refractivity contribution in [3.05, 3.63) is 0 Å². The molecule has 2 aliphatic rings. The van der Waals surface area contributed by atoms with Crippen molar-refractivity contribution in [1.29, 1.82) is 0 Å². The number of rotatable bonds is 7. The topological polar surface area (TPSA) is 191 Å². The fraction of sp³-hybridized carbons (Fsp3) is 0.700. The quantitative estimate of drug-likeness (QED) is 0.217. The average molecular weight is 368 g/mol. The first-order valence-corrected chi connectivity index (χ1v) is 8.29. The second-order valence-electron chi connectivity index (χ2n) is 5.36. The van der Waals surface area contributed by atoms with Crippen molar-refractivity contribution in [1.82, 2.24) is 10.4 Å². The maximum Gasteiger partial charge on any atom is 0.477 e. The number of hydroxylamine groups is 5. The van der Waals surface area contributed by atoms with Crippen LogP contribution < -0.4 is 16.8 Å². The lowest BCUT2D eigenvalue weighted by Crippen LogP contribution is -2.63. The maximum atomic E-state index is 12.6. The minimum atomic E-state index is -4.93. The van der Waals surface area contributed by atoms with Crippen molar-refractivity contribution in [3.8, 4) is 0 Å². The Kier molecular flexibility index (Phi) is 4.95. The molecule has 0 aliphatic carbocycles. The Bertz CT molecular complexity index is 654. The number of urea groups is 2. The van der Waals surface area contributed by atoms with Crippen LogP contribution in [-0.2, 0) is 24.3 Å². The molecule has 2 aliphatic heterocycles. The predicted octanol–water partition coefficient (Wildman–Crippen LogP) is -2.41. The number of carbonyl (C=O) groups excluding carboxylic acids is 3. The van der Waals surface area contributed by atoms with Crippen molar-refractivity contribution in [2.45, 2.75) is 24.9 Å². The van der Waals surface area contributed by atoms with E-state index in [4.69, 9.17) is 20.9 Å². The van der Waals surface area contributed by atoms with E-state index < -0.39 is 45.1 Å². The summed E-state index contributed by atoms with van der Waals surface area (Å²) in [6, 6.07) is -3.57. The van der Waals surface area contributed by atoms with Crippen molar-refractivity contribution < 1.29 is 41.1 Å². The molecule has 24 heavy (non-hydrogen) atoms. The number of amides is 5. The highest BCUT2D eigenvalue weighted by atomic mass is 32.3. The lowest BCUT2D eigenvalue weighted by Gasteiger charge is -2.35. The molecule has 2 bridgehead atoms. The van der Waals surface area contributed by atoms with Gasteiger partial charge in [0.25, 0.3) is 5.91 Å². The number of quaternary nitrogens is 1. The summed E-state index contributed by atoms with van der Waals surface area (Å²) < 4.78 is 34.0. The van der Waals surface area contributed by atoms with Gasteiger partial charge in [-0.3, -0.25) is 9.35 Å². The van der Waals surface area contributed by atoms with Crippen molar-refractivity contribution >= 4 is 28.4 Å². The van der Waals surface area contributed by atoms with Crippen LogP contribution in [0.4, 0.5) is 9.59 Å². The fourth-order valence-corrected chi connectivity index (χ4v) is 3.33. The Morgan fingerprint density at radius 2 is 2.04 bits per heavy atom. The lowest BCUT2D eigenvalue weighted by atomic mass is 10.00. The third-order valence-electron chi connectivity index (χ3n) is 3.83. The van der Waals surface area contributed by atoms with Crippen LogP contribution in [-0.4, -0.2) is 72.4 Å². The summed E-state index contributed by atoms with van der Waals surface area (Å²) >= 11 is 0. The summed E-state index contributed by atoms with van der Waals surface area (Å²) in [4.78, 5) is 40.4. The number of nitrogens with zero attached hydrogens (tertiary/aromatic N) is 2. The minimum Gasteiger partial charge on any atom is -0.364 e. The normalized spacial score (nSPS) is 29.5. The van der Waals surface area contributed by atoms with Gasteiger partial charge >= 0.3 is 22.5 Å². The van der Waals surface area contributed by atoms with Gasteiger partial charge in [0.15, 0.2) is 0 Å². The standard InChI is InChI=1S/C10H17N5O8S/c11-8(16)7-2-1-6-5-15(7,22-4-3-13-9(12)17)10(18)14(6)23-24(19,20)21/h6-7H,1-5H2,(H5-,11,12,13,16,17,19,20,21)/p+1/t6-,7+,15?/m1/s1. The third-order valence-corrected chi connectivity index (χ3v) is 4.18. The molecule has 0 saturated carbocycles. The highest BCUT2D eigenvalue weighted by Gasteiger charge is 2.65. The van der Waals surface area contributed by atoms with Crippen molar-refractivity contribution in [3.63, 3.8) is 0 Å². The zero-order valence-electron chi connectivity index (χ0n) is 12.5. The summed E-state index contributed by atoms with van der Waals surface area (Å²) in [6.07, 6.45) is 0.387. The lowest BCUT2D eigenvalue weighted by molar-refractivity contribution is -1.05. The van der Waals surface area contributed by atoms with Gasteiger partial charge in [-0.05, 0) is 6.42 Å². The van der Waals surface area contributed by atoms with Gasteiger partial charge in [-0.15, -0.1) is 9.35 Å². The molecule has 6 N–H and O–H groups in total. The molecule has 1 unspecified atom stereocenters. The van der Waals surface area contributed by atoms with E-state index in [0.717, 1.165) is 0 Å². The molecule has 0 radical (unpaired) electrons. The van der Waals surface area contributed by atoms with E-state index in [0.29, 0.717) is 5.06 Å². The molecule has 3 atom stereocenters. The number of hydrogen-bond donors (Lipinski definition) is 4. The van der Waals surface area contributed by atoms with Crippen LogP contribution in [0.3, 0.4) is 0 Å². The molecule has 2 heterocycles. The maximum absolute atomic E-state index is 12.6. The average Bonchev–Trinajstić information content (AvgIpc) is 2.64. The first-order chi connectivity index (χ1) is 11.1. The van der Waals surface area contributed by atoms with Crippen LogP contribution in [0.2, 0.25) is 0 Å². The summed E-state index contributed by atoms with van der Waals surface area (Å²) in [5.41, 5.74) is 10.2. The zero-order chi connectivity index (χ0) is 18.1. The predicted molar refractivity (Wildman–Crippen MR) is 74.5 cm³/mol. The highest BCUT2D eigenvalue weighted by molar-refractivity contribution is 7.80. The van der Waals surface area contributed by atoms with Crippen LogP contribution in [0.15, 0.2) is 0 Å². The number of hydrogen-bond acceptors (Lipinski definition) is 7. The Labute approximate surface area is 136 Å². The Balaban J connectivity index is 2.22. The van der Waals surface area contributed by atoms with E-state index in [1.807, 2.05) is 0 Å². The van der Waals surface area contributed by atoms with Crippen LogP contribution in [0.25, 0.3) is 0 Å². The highest BCUT2D eigenvalue weighted by Crippen LogP contribution is 2.38. The molecular weight excluding hydrogens is 350 g/mol. The molecule has 5 amide bonds. The van der Waals surface area contributed by atoms with E-state index in [2.05, 4.69) is 9.60 Å². The Morgan fingerprint density at radius 3 is 2.58 bits per heavy atom. The van der Waals surface area contributed by atoms with Gasteiger partial charge in [-0.1, -0.05) is 4.65 Å². The van der Waals surface area contributed by atoms with E-state index in [1.54, 1.807) is 0 Å². The van der Waals surface area contributed by atoms with Gasteiger partial charge < -0.3 is 16.8 Å². The first-order valence-electron chi connectivity index (χ1n) is 6.92. The molecule has 14 heteroatoms. The van der Waals surface area contributed by atoms with Crippen molar-refractivity contribution in [2.75, 3.05) is 19.7 Å². The second kappa shape index (κ2) is 6.48. The monoisotopic (exact) mass is 368 g/mol.